The van der Waals surface area contributed by atoms with Crippen LogP contribution in [0.4, 0.5) is 11.5 Å². The molecule has 2 aromatic carbocycles. The van der Waals surface area contributed by atoms with E-state index in [1.165, 1.54) is 12.6 Å². The number of rotatable bonds is 5. The fourth-order valence-corrected chi connectivity index (χ4v) is 3.46. The van der Waals surface area contributed by atoms with Crippen molar-refractivity contribution in [1.29, 1.82) is 0 Å². The highest BCUT2D eigenvalue weighted by atomic mass is 16.5. The van der Waals surface area contributed by atoms with E-state index in [2.05, 4.69) is 27.1 Å². The van der Waals surface area contributed by atoms with Gasteiger partial charge in [0.2, 0.25) is 0 Å². The Bertz CT molecular complexity index is 960. The Morgan fingerprint density at radius 2 is 1.86 bits per heavy atom. The highest BCUT2D eigenvalue weighted by Crippen LogP contribution is 2.29. The van der Waals surface area contributed by atoms with E-state index in [0.717, 1.165) is 25.3 Å². The lowest BCUT2D eigenvalue weighted by Gasteiger charge is -2.31. The van der Waals surface area contributed by atoms with Crippen LogP contribution in [0.15, 0.2) is 67.0 Å². The Labute approximate surface area is 170 Å². The van der Waals surface area contributed by atoms with Crippen molar-refractivity contribution >= 4 is 17.4 Å². The van der Waals surface area contributed by atoms with Crippen LogP contribution in [0.1, 0.15) is 30.3 Å². The van der Waals surface area contributed by atoms with Crippen molar-refractivity contribution in [1.82, 2.24) is 9.97 Å². The lowest BCUT2D eigenvalue weighted by atomic mass is 10.0. The summed E-state index contributed by atoms with van der Waals surface area (Å²) >= 11 is 0. The maximum absolute atomic E-state index is 12.7. The van der Waals surface area contributed by atoms with Crippen LogP contribution < -0.4 is 15.0 Å². The molecule has 0 saturated carbocycles. The molecular formula is C23H24N4O2. The molecule has 6 nitrogen and oxygen atoms in total. The first-order valence-corrected chi connectivity index (χ1v) is 9.89. The number of nitrogens with one attached hydrogen (secondary N) is 1. The first-order chi connectivity index (χ1) is 14.2. The van der Waals surface area contributed by atoms with Gasteiger partial charge in [-0.05, 0) is 43.0 Å². The Morgan fingerprint density at radius 1 is 1.07 bits per heavy atom. The van der Waals surface area contributed by atoms with Crippen molar-refractivity contribution < 1.29 is 9.53 Å². The zero-order chi connectivity index (χ0) is 20.1. The summed E-state index contributed by atoms with van der Waals surface area (Å²) in [5, 5.41) is 2.87. The number of hydrogen-bond donors (Lipinski definition) is 1. The molecule has 1 atom stereocenters. The van der Waals surface area contributed by atoms with Gasteiger partial charge in [0.25, 0.3) is 5.91 Å². The topological polar surface area (TPSA) is 67.4 Å². The fourth-order valence-electron chi connectivity index (χ4n) is 3.46. The maximum Gasteiger partial charge on any atom is 0.275 e. The molecule has 0 spiro atoms. The number of benzene rings is 2. The molecule has 29 heavy (non-hydrogen) atoms. The van der Waals surface area contributed by atoms with E-state index in [-0.39, 0.29) is 11.6 Å². The van der Waals surface area contributed by atoms with Crippen molar-refractivity contribution in [3.05, 3.63) is 72.7 Å². The Balaban J connectivity index is 1.46. The monoisotopic (exact) mass is 388 g/mol. The molecule has 1 aromatic heterocycles. The SMILES string of the molecule is CC1CCCN(c2cnc(C(=O)Nc3ccccc3Oc3ccccc3)cn2)C1. The predicted octanol–water partition coefficient (Wildman–Crippen LogP) is 4.76. The summed E-state index contributed by atoms with van der Waals surface area (Å²) in [4.78, 5) is 23.7. The van der Waals surface area contributed by atoms with E-state index < -0.39 is 0 Å². The van der Waals surface area contributed by atoms with Gasteiger partial charge in [0, 0.05) is 13.1 Å². The molecule has 0 aliphatic carbocycles. The quantitative estimate of drug-likeness (QED) is 0.683. The largest absolute Gasteiger partial charge is 0.455 e. The van der Waals surface area contributed by atoms with E-state index in [1.54, 1.807) is 12.3 Å². The van der Waals surface area contributed by atoms with Gasteiger partial charge in [-0.2, -0.15) is 0 Å². The molecule has 148 valence electrons. The molecule has 1 aliphatic rings. The van der Waals surface area contributed by atoms with Gasteiger partial charge in [-0.25, -0.2) is 9.97 Å². The predicted molar refractivity (Wildman–Crippen MR) is 114 cm³/mol. The fraction of sp³-hybridized carbons (Fsp3) is 0.261. The van der Waals surface area contributed by atoms with Crippen molar-refractivity contribution in [2.24, 2.45) is 5.92 Å². The van der Waals surface area contributed by atoms with Crippen molar-refractivity contribution in [2.75, 3.05) is 23.3 Å². The van der Waals surface area contributed by atoms with Crippen LogP contribution in [-0.2, 0) is 0 Å². The van der Waals surface area contributed by atoms with Crippen LogP contribution in [0, 0.1) is 5.92 Å². The molecule has 1 saturated heterocycles. The first-order valence-electron chi connectivity index (χ1n) is 9.89. The molecular weight excluding hydrogens is 364 g/mol. The first kappa shape index (κ1) is 18.9. The molecule has 0 bridgehead atoms. The molecule has 1 unspecified atom stereocenters. The molecule has 1 aliphatic heterocycles. The summed E-state index contributed by atoms with van der Waals surface area (Å²) in [7, 11) is 0. The highest BCUT2D eigenvalue weighted by molar-refractivity contribution is 6.03. The Kier molecular flexibility index (Phi) is 5.70. The number of carbonyl (C=O) groups is 1. The van der Waals surface area contributed by atoms with E-state index in [1.807, 2.05) is 48.5 Å². The van der Waals surface area contributed by atoms with Gasteiger partial charge in [-0.1, -0.05) is 37.3 Å². The number of anilines is 2. The van der Waals surface area contributed by atoms with E-state index in [0.29, 0.717) is 23.1 Å². The van der Waals surface area contributed by atoms with Crippen LogP contribution >= 0.6 is 0 Å². The lowest BCUT2D eigenvalue weighted by Crippen LogP contribution is -2.35. The minimum Gasteiger partial charge on any atom is -0.455 e. The molecule has 3 aromatic rings. The number of carbonyl (C=O) groups excluding carboxylic acids is 1. The lowest BCUT2D eigenvalue weighted by molar-refractivity contribution is 0.102. The summed E-state index contributed by atoms with van der Waals surface area (Å²) in [5.41, 5.74) is 0.852. The van der Waals surface area contributed by atoms with Gasteiger partial charge >= 0.3 is 0 Å². The van der Waals surface area contributed by atoms with Crippen molar-refractivity contribution in [3.63, 3.8) is 0 Å². The molecule has 1 N–H and O–H groups in total. The number of hydrogen-bond acceptors (Lipinski definition) is 5. The van der Waals surface area contributed by atoms with Gasteiger partial charge in [0.05, 0.1) is 18.1 Å². The van der Waals surface area contributed by atoms with E-state index >= 15 is 0 Å². The van der Waals surface area contributed by atoms with Gasteiger partial charge in [0.15, 0.2) is 5.75 Å². The average molecular weight is 388 g/mol. The number of ether oxygens (including phenoxy) is 1. The third-order valence-electron chi connectivity index (χ3n) is 4.96. The zero-order valence-corrected chi connectivity index (χ0v) is 16.4. The second-order valence-electron chi connectivity index (χ2n) is 7.32. The van der Waals surface area contributed by atoms with Crippen LogP contribution in [0.2, 0.25) is 0 Å². The molecule has 2 heterocycles. The van der Waals surface area contributed by atoms with Crippen LogP contribution in [-0.4, -0.2) is 29.0 Å². The van der Waals surface area contributed by atoms with Gasteiger partial charge < -0.3 is 15.0 Å². The van der Waals surface area contributed by atoms with Crippen LogP contribution in [0.25, 0.3) is 0 Å². The number of piperidine rings is 1. The molecule has 1 amide bonds. The summed E-state index contributed by atoms with van der Waals surface area (Å²) in [6.07, 6.45) is 5.61. The Hall–Kier alpha value is -3.41. The van der Waals surface area contributed by atoms with Crippen molar-refractivity contribution in [3.8, 4) is 11.5 Å². The number of para-hydroxylation sites is 3. The summed E-state index contributed by atoms with van der Waals surface area (Å²) in [6, 6.07) is 16.8. The van der Waals surface area contributed by atoms with Crippen LogP contribution in [0.3, 0.4) is 0 Å². The highest BCUT2D eigenvalue weighted by Gasteiger charge is 2.19. The number of nitrogens with zero attached hydrogens (tertiary/aromatic N) is 3. The number of aromatic nitrogens is 2. The van der Waals surface area contributed by atoms with E-state index in [9.17, 15) is 4.79 Å². The van der Waals surface area contributed by atoms with Gasteiger partial charge in [-0.15, -0.1) is 0 Å². The summed E-state index contributed by atoms with van der Waals surface area (Å²) < 4.78 is 5.90. The standard InChI is InChI=1S/C23H24N4O2/c1-17-8-7-13-27(16-17)22-15-24-20(14-25-22)23(28)26-19-11-5-6-12-21(19)29-18-9-3-2-4-10-18/h2-6,9-12,14-15,17H,7-8,13,16H2,1H3,(H,26,28). The number of amides is 1. The molecule has 6 heteroatoms. The van der Waals surface area contributed by atoms with Gasteiger partial charge in [-0.3, -0.25) is 4.79 Å². The zero-order valence-electron chi connectivity index (χ0n) is 16.4. The minimum atomic E-state index is -0.319. The second kappa shape index (κ2) is 8.73. The normalized spacial score (nSPS) is 16.3. The molecule has 0 radical (unpaired) electrons. The third-order valence-corrected chi connectivity index (χ3v) is 4.96. The van der Waals surface area contributed by atoms with E-state index in [4.69, 9.17) is 4.74 Å². The van der Waals surface area contributed by atoms with Gasteiger partial charge in [0.1, 0.15) is 17.3 Å². The maximum atomic E-state index is 12.7. The molecule has 1 fully saturated rings. The van der Waals surface area contributed by atoms with Crippen molar-refractivity contribution in [2.45, 2.75) is 19.8 Å². The summed E-state index contributed by atoms with van der Waals surface area (Å²) in [5.74, 6) is 2.42. The smallest absolute Gasteiger partial charge is 0.275 e. The third kappa shape index (κ3) is 4.71. The Morgan fingerprint density at radius 3 is 2.62 bits per heavy atom. The second-order valence-corrected chi connectivity index (χ2v) is 7.32. The summed E-state index contributed by atoms with van der Waals surface area (Å²) in [6.45, 7) is 4.20. The molecule has 4 rings (SSSR count). The average Bonchev–Trinajstić information content (AvgIpc) is 2.76. The minimum absolute atomic E-state index is 0.272. The van der Waals surface area contributed by atoms with Crippen LogP contribution in [0.5, 0.6) is 11.5 Å².